The van der Waals surface area contributed by atoms with Gasteiger partial charge in [-0.3, -0.25) is 20.4 Å². The van der Waals surface area contributed by atoms with Gasteiger partial charge in [0.25, 0.3) is 11.8 Å². The summed E-state index contributed by atoms with van der Waals surface area (Å²) in [5.41, 5.74) is 5.92. The Morgan fingerprint density at radius 1 is 1.17 bits per heavy atom. The number of hydrazine groups is 1. The van der Waals surface area contributed by atoms with Gasteiger partial charge in [-0.15, -0.1) is 0 Å². The fourth-order valence-corrected chi connectivity index (χ4v) is 2.24. The number of carbonyl (C=O) groups is 2. The van der Waals surface area contributed by atoms with Crippen molar-refractivity contribution in [3.05, 3.63) is 40.8 Å². The van der Waals surface area contributed by atoms with Crippen molar-refractivity contribution in [3.63, 3.8) is 0 Å². The van der Waals surface area contributed by atoms with Gasteiger partial charge in [0.1, 0.15) is 11.3 Å². The number of fused-ring (bicyclic) bond motifs is 1. The van der Waals surface area contributed by atoms with Crippen LogP contribution < -0.4 is 20.3 Å². The Hall–Kier alpha value is -3.03. The van der Waals surface area contributed by atoms with E-state index in [0.717, 1.165) is 0 Å². The molecule has 0 saturated carbocycles. The van der Waals surface area contributed by atoms with Gasteiger partial charge in [0.15, 0.2) is 11.5 Å². The first-order chi connectivity index (χ1) is 11.1. The van der Waals surface area contributed by atoms with Crippen molar-refractivity contribution in [2.24, 2.45) is 0 Å². The highest BCUT2D eigenvalue weighted by Gasteiger charge is 2.20. The van der Waals surface area contributed by atoms with Gasteiger partial charge < -0.3 is 14.0 Å². The van der Waals surface area contributed by atoms with Gasteiger partial charge in [-0.2, -0.15) is 0 Å². The molecule has 1 aliphatic heterocycles. The minimum atomic E-state index is -0.477. The van der Waals surface area contributed by atoms with Crippen LogP contribution in [0.4, 0.5) is 0 Å². The molecule has 1 aromatic heterocycles. The van der Waals surface area contributed by atoms with Crippen LogP contribution in [-0.4, -0.2) is 23.8 Å². The summed E-state index contributed by atoms with van der Waals surface area (Å²) in [5.74, 6) is 0.528. The summed E-state index contributed by atoms with van der Waals surface area (Å²) in [5, 5.41) is 3.80. The number of ether oxygens (including phenoxy) is 2. The van der Waals surface area contributed by atoms with Crippen LogP contribution in [0.1, 0.15) is 39.1 Å². The zero-order valence-electron chi connectivity index (χ0n) is 12.6. The molecule has 0 radical (unpaired) electrons. The fraction of sp³-hybridized carbons (Fsp3) is 0.267. The van der Waals surface area contributed by atoms with Crippen LogP contribution in [0, 0.1) is 6.92 Å². The lowest BCUT2D eigenvalue weighted by molar-refractivity contribution is 0.0845. The second-order valence-electron chi connectivity index (χ2n) is 4.89. The largest absolute Gasteiger partial charge is 0.454 e. The molecule has 2 N–H and O–H groups in total. The molecule has 23 heavy (non-hydrogen) atoms. The van der Waals surface area contributed by atoms with Crippen LogP contribution in [0.15, 0.2) is 22.7 Å². The van der Waals surface area contributed by atoms with E-state index in [1.54, 1.807) is 25.1 Å². The van der Waals surface area contributed by atoms with E-state index in [1.165, 1.54) is 0 Å². The van der Waals surface area contributed by atoms with Crippen LogP contribution in [-0.2, 0) is 6.42 Å². The molecule has 0 spiro atoms. The van der Waals surface area contributed by atoms with E-state index < -0.39 is 11.8 Å². The molecule has 2 amide bonds. The number of rotatable bonds is 3. The van der Waals surface area contributed by atoms with E-state index in [4.69, 9.17) is 14.0 Å². The molecule has 0 atom stereocenters. The highest BCUT2D eigenvalue weighted by molar-refractivity contribution is 6.00. The first kappa shape index (κ1) is 14.9. The molecule has 0 saturated heterocycles. The topological polar surface area (TPSA) is 103 Å². The third-order valence-corrected chi connectivity index (χ3v) is 3.42. The molecule has 1 aliphatic rings. The number of benzene rings is 1. The first-order valence-electron chi connectivity index (χ1n) is 7.05. The van der Waals surface area contributed by atoms with Crippen LogP contribution in [0.5, 0.6) is 11.5 Å². The summed E-state index contributed by atoms with van der Waals surface area (Å²) < 4.78 is 15.4. The lowest BCUT2D eigenvalue weighted by Gasteiger charge is -2.08. The number of hydrogen-bond donors (Lipinski definition) is 2. The van der Waals surface area contributed by atoms with Gasteiger partial charge in [0, 0.05) is 5.56 Å². The summed E-state index contributed by atoms with van der Waals surface area (Å²) in [7, 11) is 0. The van der Waals surface area contributed by atoms with E-state index in [2.05, 4.69) is 16.0 Å². The van der Waals surface area contributed by atoms with Crippen molar-refractivity contribution in [2.75, 3.05) is 6.79 Å². The van der Waals surface area contributed by atoms with Crippen LogP contribution in [0.3, 0.4) is 0 Å². The Morgan fingerprint density at radius 2 is 1.91 bits per heavy atom. The van der Waals surface area contributed by atoms with Crippen molar-refractivity contribution in [3.8, 4) is 11.5 Å². The van der Waals surface area contributed by atoms with E-state index in [9.17, 15) is 9.59 Å². The van der Waals surface area contributed by atoms with Crippen molar-refractivity contribution in [2.45, 2.75) is 20.3 Å². The molecule has 0 bridgehead atoms. The molecule has 3 rings (SSSR count). The molecule has 120 valence electrons. The maximum absolute atomic E-state index is 12.2. The number of carbonyl (C=O) groups excluding carboxylic acids is 2. The third-order valence-electron chi connectivity index (χ3n) is 3.42. The van der Waals surface area contributed by atoms with E-state index in [0.29, 0.717) is 40.5 Å². The highest BCUT2D eigenvalue weighted by atomic mass is 16.7. The predicted molar refractivity (Wildman–Crippen MR) is 78.1 cm³/mol. The normalized spacial score (nSPS) is 12.1. The van der Waals surface area contributed by atoms with E-state index >= 15 is 0 Å². The smallest absolute Gasteiger partial charge is 0.275 e. The van der Waals surface area contributed by atoms with Crippen molar-refractivity contribution < 1.29 is 23.6 Å². The quantitative estimate of drug-likeness (QED) is 0.828. The Bertz CT molecular complexity index is 768. The Labute approximate surface area is 131 Å². The average molecular weight is 317 g/mol. The maximum Gasteiger partial charge on any atom is 0.275 e. The Balaban J connectivity index is 1.67. The van der Waals surface area contributed by atoms with Crippen molar-refractivity contribution in [1.82, 2.24) is 16.0 Å². The van der Waals surface area contributed by atoms with Gasteiger partial charge in [0.05, 0.1) is 5.69 Å². The summed E-state index contributed by atoms with van der Waals surface area (Å²) in [6.07, 6.45) is 0.552. The molecular formula is C15H15N3O5. The predicted octanol–water partition coefficient (Wildman–Crippen LogP) is 1.35. The minimum Gasteiger partial charge on any atom is -0.454 e. The van der Waals surface area contributed by atoms with Gasteiger partial charge in [0.2, 0.25) is 6.79 Å². The maximum atomic E-state index is 12.2. The molecule has 0 unspecified atom stereocenters. The second kappa shape index (κ2) is 5.99. The Kier molecular flexibility index (Phi) is 3.88. The summed E-state index contributed by atoms with van der Waals surface area (Å²) in [6.45, 7) is 3.63. The standard InChI is InChI=1S/C15H15N3O5/c1-3-10-13(8(2)23-18-10)15(20)17-16-14(19)9-4-5-11-12(6-9)22-7-21-11/h4-6H,3,7H2,1-2H3,(H,16,19)(H,17,20). The number of hydrogen-bond acceptors (Lipinski definition) is 6. The Morgan fingerprint density at radius 3 is 2.70 bits per heavy atom. The molecular weight excluding hydrogens is 302 g/mol. The first-order valence-corrected chi connectivity index (χ1v) is 7.05. The monoisotopic (exact) mass is 317 g/mol. The van der Waals surface area contributed by atoms with E-state index in [1.807, 2.05) is 6.92 Å². The number of nitrogens with zero attached hydrogens (tertiary/aromatic N) is 1. The summed E-state index contributed by atoms with van der Waals surface area (Å²) in [6, 6.07) is 4.77. The zero-order valence-corrected chi connectivity index (χ0v) is 12.6. The van der Waals surface area contributed by atoms with Crippen LogP contribution in [0.25, 0.3) is 0 Å². The molecule has 0 fully saturated rings. The lowest BCUT2D eigenvalue weighted by atomic mass is 10.1. The van der Waals surface area contributed by atoms with Crippen LogP contribution >= 0.6 is 0 Å². The molecule has 8 nitrogen and oxygen atoms in total. The highest BCUT2D eigenvalue weighted by Crippen LogP contribution is 2.32. The zero-order chi connectivity index (χ0) is 16.4. The van der Waals surface area contributed by atoms with Gasteiger partial charge in [-0.05, 0) is 31.5 Å². The number of amides is 2. The van der Waals surface area contributed by atoms with Crippen molar-refractivity contribution in [1.29, 1.82) is 0 Å². The molecule has 0 aliphatic carbocycles. The molecule has 8 heteroatoms. The number of aromatic nitrogens is 1. The molecule has 1 aromatic carbocycles. The summed E-state index contributed by atoms with van der Waals surface area (Å²) >= 11 is 0. The minimum absolute atomic E-state index is 0.129. The lowest BCUT2D eigenvalue weighted by Crippen LogP contribution is -2.42. The van der Waals surface area contributed by atoms with E-state index in [-0.39, 0.29) is 6.79 Å². The second-order valence-corrected chi connectivity index (χ2v) is 4.89. The van der Waals surface area contributed by atoms with Gasteiger partial charge in [-0.1, -0.05) is 12.1 Å². The number of aryl methyl sites for hydroxylation is 2. The van der Waals surface area contributed by atoms with Gasteiger partial charge >= 0.3 is 0 Å². The molecule has 2 heterocycles. The van der Waals surface area contributed by atoms with Gasteiger partial charge in [-0.25, -0.2) is 0 Å². The third kappa shape index (κ3) is 2.83. The summed E-state index contributed by atoms with van der Waals surface area (Å²) in [4.78, 5) is 24.3. The van der Waals surface area contributed by atoms with Crippen LogP contribution in [0.2, 0.25) is 0 Å². The average Bonchev–Trinajstić information content (AvgIpc) is 3.17. The van der Waals surface area contributed by atoms with Crippen molar-refractivity contribution >= 4 is 11.8 Å². The number of nitrogens with one attached hydrogen (secondary N) is 2. The molecule has 2 aromatic rings. The SMILES string of the molecule is CCc1noc(C)c1C(=O)NNC(=O)c1ccc2c(c1)OCO2. The fourth-order valence-electron chi connectivity index (χ4n) is 2.24.